The summed E-state index contributed by atoms with van der Waals surface area (Å²) in [6.07, 6.45) is 3.74. The Morgan fingerprint density at radius 2 is 2.33 bits per heavy atom. The van der Waals surface area contributed by atoms with E-state index in [1.807, 2.05) is 0 Å². The number of aliphatic hydroxyl groups excluding tert-OH is 1. The van der Waals surface area contributed by atoms with E-state index in [0.29, 0.717) is 6.61 Å². The zero-order chi connectivity index (χ0) is 6.32. The lowest BCUT2D eigenvalue weighted by Crippen LogP contribution is -2.62. The van der Waals surface area contributed by atoms with E-state index in [9.17, 15) is 0 Å². The Morgan fingerprint density at radius 1 is 1.56 bits per heavy atom. The number of fused-ring (bicyclic) bond motifs is 2. The number of piperidine rings is 2. The van der Waals surface area contributed by atoms with Crippen LogP contribution in [0.2, 0.25) is 0 Å². The Balaban J connectivity index is 2.02. The van der Waals surface area contributed by atoms with Gasteiger partial charge in [-0.1, -0.05) is 0 Å². The number of rotatable bonds is 1. The first-order valence-corrected chi connectivity index (χ1v) is 3.71. The summed E-state index contributed by atoms with van der Waals surface area (Å²) in [6, 6.07) is 0. The van der Waals surface area contributed by atoms with Crippen LogP contribution in [0.3, 0.4) is 0 Å². The summed E-state index contributed by atoms with van der Waals surface area (Å²) < 4.78 is 0. The molecule has 0 unspecified atom stereocenters. The van der Waals surface area contributed by atoms with Crippen molar-refractivity contribution >= 4 is 0 Å². The average molecular weight is 127 g/mol. The van der Waals surface area contributed by atoms with Gasteiger partial charge in [0, 0.05) is 5.54 Å². The summed E-state index contributed by atoms with van der Waals surface area (Å²) in [7, 11) is 0. The van der Waals surface area contributed by atoms with Gasteiger partial charge < -0.3 is 10.4 Å². The molecule has 2 saturated heterocycles. The van der Waals surface area contributed by atoms with Crippen LogP contribution >= 0.6 is 0 Å². The van der Waals surface area contributed by atoms with Crippen LogP contribution in [0.4, 0.5) is 0 Å². The minimum absolute atomic E-state index is 0.170. The molecule has 3 aliphatic rings. The molecule has 2 N–H and O–H groups in total. The third kappa shape index (κ3) is 0.700. The molecule has 0 aromatic rings. The lowest BCUT2D eigenvalue weighted by molar-refractivity contribution is 0.00398. The Bertz CT molecular complexity index is 113. The van der Waals surface area contributed by atoms with Crippen molar-refractivity contribution in [3.63, 3.8) is 0 Å². The molecule has 52 valence electrons. The summed E-state index contributed by atoms with van der Waals surface area (Å²) in [5.74, 6) is 0.929. The molecule has 0 radical (unpaired) electrons. The van der Waals surface area contributed by atoms with Gasteiger partial charge in [-0.2, -0.15) is 0 Å². The van der Waals surface area contributed by atoms with Gasteiger partial charge in [0.05, 0.1) is 6.61 Å². The van der Waals surface area contributed by atoms with Gasteiger partial charge in [-0.25, -0.2) is 0 Å². The topological polar surface area (TPSA) is 32.3 Å². The Labute approximate surface area is 55.3 Å². The van der Waals surface area contributed by atoms with E-state index >= 15 is 0 Å². The molecule has 0 atom stereocenters. The van der Waals surface area contributed by atoms with Crippen molar-refractivity contribution in [3.05, 3.63) is 0 Å². The summed E-state index contributed by atoms with van der Waals surface area (Å²) in [4.78, 5) is 0. The highest BCUT2D eigenvalue weighted by Crippen LogP contribution is 2.42. The average Bonchev–Trinajstić information content (AvgIpc) is 1.88. The molecule has 1 aliphatic carbocycles. The molecule has 0 amide bonds. The predicted octanol–water partition coefficient (Wildman–Crippen LogP) is 0.121. The van der Waals surface area contributed by atoms with Crippen molar-refractivity contribution in [2.75, 3.05) is 13.2 Å². The first-order valence-electron chi connectivity index (χ1n) is 3.71. The third-order valence-corrected chi connectivity index (χ3v) is 2.71. The molecule has 2 aliphatic heterocycles. The molecule has 0 aromatic heterocycles. The first-order chi connectivity index (χ1) is 4.35. The van der Waals surface area contributed by atoms with Gasteiger partial charge in [0.2, 0.25) is 0 Å². The molecule has 2 heteroatoms. The monoisotopic (exact) mass is 127 g/mol. The molecule has 3 rings (SSSR count). The van der Waals surface area contributed by atoms with E-state index in [-0.39, 0.29) is 5.54 Å². The SMILES string of the molecule is OCC12CC(CCN1)C2. The number of hydrogen-bond donors (Lipinski definition) is 2. The lowest BCUT2D eigenvalue weighted by Gasteiger charge is -2.52. The van der Waals surface area contributed by atoms with Crippen molar-refractivity contribution in [2.45, 2.75) is 24.8 Å². The van der Waals surface area contributed by atoms with Gasteiger partial charge in [0.15, 0.2) is 0 Å². The maximum atomic E-state index is 8.93. The molecule has 2 heterocycles. The minimum atomic E-state index is 0.170. The van der Waals surface area contributed by atoms with Gasteiger partial charge in [-0.15, -0.1) is 0 Å². The zero-order valence-corrected chi connectivity index (χ0v) is 5.56. The maximum Gasteiger partial charge on any atom is 0.0613 e. The minimum Gasteiger partial charge on any atom is -0.394 e. The van der Waals surface area contributed by atoms with Gasteiger partial charge in [0.25, 0.3) is 0 Å². The maximum absolute atomic E-state index is 8.93. The first kappa shape index (κ1) is 5.69. The largest absolute Gasteiger partial charge is 0.394 e. The summed E-state index contributed by atoms with van der Waals surface area (Å²) in [5, 5.41) is 12.3. The van der Waals surface area contributed by atoms with Crippen LogP contribution in [0, 0.1) is 5.92 Å². The summed E-state index contributed by atoms with van der Waals surface area (Å²) in [6.45, 7) is 1.45. The van der Waals surface area contributed by atoms with Crippen LogP contribution in [-0.2, 0) is 0 Å². The van der Waals surface area contributed by atoms with Crippen LogP contribution in [0.5, 0.6) is 0 Å². The van der Waals surface area contributed by atoms with E-state index < -0.39 is 0 Å². The molecule has 2 nitrogen and oxygen atoms in total. The van der Waals surface area contributed by atoms with E-state index in [1.165, 1.54) is 19.3 Å². The molecule has 1 saturated carbocycles. The quantitative estimate of drug-likeness (QED) is 0.524. The van der Waals surface area contributed by atoms with Crippen molar-refractivity contribution in [1.29, 1.82) is 0 Å². The highest BCUT2D eigenvalue weighted by atomic mass is 16.3. The van der Waals surface area contributed by atoms with Gasteiger partial charge in [-0.05, 0) is 31.7 Å². The summed E-state index contributed by atoms with van der Waals surface area (Å²) in [5.41, 5.74) is 0.170. The molecule has 3 fully saturated rings. The second-order valence-corrected chi connectivity index (χ2v) is 3.43. The van der Waals surface area contributed by atoms with Crippen LogP contribution in [-0.4, -0.2) is 23.8 Å². The fraction of sp³-hybridized carbons (Fsp3) is 1.00. The highest BCUT2D eigenvalue weighted by molar-refractivity contribution is 5.04. The Morgan fingerprint density at radius 3 is 2.67 bits per heavy atom. The molecular weight excluding hydrogens is 114 g/mol. The van der Waals surface area contributed by atoms with Gasteiger partial charge in [0.1, 0.15) is 0 Å². The van der Waals surface area contributed by atoms with Crippen LogP contribution in [0.15, 0.2) is 0 Å². The van der Waals surface area contributed by atoms with Crippen molar-refractivity contribution in [1.82, 2.24) is 5.32 Å². The molecule has 9 heavy (non-hydrogen) atoms. The normalized spacial score (nSPS) is 48.3. The zero-order valence-electron chi connectivity index (χ0n) is 5.56. The van der Waals surface area contributed by atoms with Gasteiger partial charge >= 0.3 is 0 Å². The van der Waals surface area contributed by atoms with E-state index in [4.69, 9.17) is 5.11 Å². The second-order valence-electron chi connectivity index (χ2n) is 3.43. The van der Waals surface area contributed by atoms with Crippen LogP contribution < -0.4 is 5.32 Å². The van der Waals surface area contributed by atoms with Gasteiger partial charge in [-0.3, -0.25) is 0 Å². The Hall–Kier alpha value is -0.0800. The van der Waals surface area contributed by atoms with Crippen LogP contribution in [0.25, 0.3) is 0 Å². The number of aliphatic hydroxyl groups is 1. The smallest absolute Gasteiger partial charge is 0.0613 e. The molecular formula is C7H13NO. The second kappa shape index (κ2) is 1.70. The predicted molar refractivity (Wildman–Crippen MR) is 35.2 cm³/mol. The van der Waals surface area contributed by atoms with Crippen LogP contribution in [0.1, 0.15) is 19.3 Å². The fourth-order valence-electron chi connectivity index (χ4n) is 2.12. The molecule has 2 bridgehead atoms. The van der Waals surface area contributed by atoms with E-state index in [0.717, 1.165) is 12.5 Å². The Kier molecular flexibility index (Phi) is 1.08. The summed E-state index contributed by atoms with van der Waals surface area (Å²) >= 11 is 0. The highest BCUT2D eigenvalue weighted by Gasteiger charge is 2.46. The third-order valence-electron chi connectivity index (χ3n) is 2.71. The molecule has 0 spiro atoms. The number of nitrogens with one attached hydrogen (secondary N) is 1. The van der Waals surface area contributed by atoms with Crippen molar-refractivity contribution in [3.8, 4) is 0 Å². The lowest BCUT2D eigenvalue weighted by atomic mass is 9.64. The molecule has 0 aromatic carbocycles. The fourth-order valence-corrected chi connectivity index (χ4v) is 2.12. The van der Waals surface area contributed by atoms with E-state index in [2.05, 4.69) is 5.32 Å². The van der Waals surface area contributed by atoms with Crippen molar-refractivity contribution < 1.29 is 5.11 Å². The van der Waals surface area contributed by atoms with E-state index in [1.54, 1.807) is 0 Å². The number of hydrogen-bond acceptors (Lipinski definition) is 2. The van der Waals surface area contributed by atoms with Crippen molar-refractivity contribution in [2.24, 2.45) is 5.92 Å². The standard InChI is InChI=1S/C7H13NO/c9-5-7-3-6(4-7)1-2-8-7/h6,8-9H,1-5H2.